The molecule has 4 rings (SSSR count). The molecule has 0 spiro atoms. The van der Waals surface area contributed by atoms with Crippen LogP contribution in [0, 0.1) is 0 Å². The lowest BCUT2D eigenvalue weighted by molar-refractivity contribution is -0.133. The number of nitrogens with zero attached hydrogens (tertiary/aromatic N) is 4. The molecule has 10 heteroatoms. The Hall–Kier alpha value is -3.24. The molecule has 156 valence electrons. The summed E-state index contributed by atoms with van der Waals surface area (Å²) in [6.45, 7) is 0.634. The predicted molar refractivity (Wildman–Crippen MR) is 108 cm³/mol. The van der Waals surface area contributed by atoms with E-state index >= 15 is 0 Å². The van der Waals surface area contributed by atoms with Gasteiger partial charge in [-0.15, -0.1) is 0 Å². The maximum absolute atomic E-state index is 12.8. The van der Waals surface area contributed by atoms with E-state index in [0.717, 1.165) is 0 Å². The average molecular weight is 428 g/mol. The van der Waals surface area contributed by atoms with Gasteiger partial charge >= 0.3 is 5.76 Å². The molecular weight excluding hydrogens is 408 g/mol. The Bertz CT molecular complexity index is 1180. The molecule has 0 N–H and O–H groups in total. The van der Waals surface area contributed by atoms with Crippen molar-refractivity contribution < 1.29 is 17.7 Å². The summed E-state index contributed by atoms with van der Waals surface area (Å²) >= 11 is 0. The van der Waals surface area contributed by atoms with Crippen LogP contribution < -0.4 is 5.76 Å². The van der Waals surface area contributed by atoms with Crippen molar-refractivity contribution >= 4 is 15.9 Å². The van der Waals surface area contributed by atoms with E-state index in [9.17, 15) is 18.0 Å². The van der Waals surface area contributed by atoms with Gasteiger partial charge in [0.05, 0.1) is 4.90 Å². The summed E-state index contributed by atoms with van der Waals surface area (Å²) in [6, 6.07) is 17.2. The third kappa shape index (κ3) is 3.91. The quantitative estimate of drug-likeness (QED) is 0.601. The number of amides is 1. The van der Waals surface area contributed by atoms with Crippen LogP contribution >= 0.6 is 0 Å². The standard InChI is InChI=1S/C20H20N4O5S/c25-18(15-24-19(21-29-20(24)26)16-7-3-1-4-8-16)22-11-13-23(14-12-22)30(27,28)17-9-5-2-6-10-17/h1-10H,11-15H2. The Morgan fingerprint density at radius 1 is 0.933 bits per heavy atom. The molecule has 2 aromatic carbocycles. The van der Waals surface area contributed by atoms with Gasteiger partial charge in [0.15, 0.2) is 5.82 Å². The van der Waals surface area contributed by atoms with Crippen molar-refractivity contribution in [2.45, 2.75) is 11.4 Å². The van der Waals surface area contributed by atoms with Crippen LogP contribution in [0.2, 0.25) is 0 Å². The smallest absolute Gasteiger partial charge is 0.338 e. The average Bonchev–Trinajstić information content (AvgIpc) is 3.15. The first kappa shape index (κ1) is 20.0. The van der Waals surface area contributed by atoms with E-state index in [-0.39, 0.29) is 49.4 Å². The van der Waals surface area contributed by atoms with Gasteiger partial charge in [-0.25, -0.2) is 17.8 Å². The van der Waals surface area contributed by atoms with E-state index in [1.807, 2.05) is 6.07 Å². The number of carbonyl (C=O) groups is 1. The first-order valence-electron chi connectivity index (χ1n) is 9.42. The number of hydrogen-bond donors (Lipinski definition) is 0. The molecule has 0 atom stereocenters. The van der Waals surface area contributed by atoms with Crippen molar-refractivity contribution in [2.24, 2.45) is 0 Å². The molecule has 0 saturated carbocycles. The number of aromatic nitrogens is 2. The maximum Gasteiger partial charge on any atom is 0.442 e. The van der Waals surface area contributed by atoms with Gasteiger partial charge in [-0.05, 0) is 12.1 Å². The van der Waals surface area contributed by atoms with Crippen LogP contribution in [0.1, 0.15) is 0 Å². The molecule has 1 aliphatic heterocycles. The highest BCUT2D eigenvalue weighted by atomic mass is 32.2. The Morgan fingerprint density at radius 3 is 2.17 bits per heavy atom. The molecule has 0 aliphatic carbocycles. The Labute approximate surface area is 173 Å². The second kappa shape index (κ2) is 8.25. The number of carbonyl (C=O) groups excluding carboxylic acids is 1. The van der Waals surface area contributed by atoms with Gasteiger partial charge in [0.25, 0.3) is 0 Å². The maximum atomic E-state index is 12.8. The minimum absolute atomic E-state index is 0.188. The number of benzene rings is 2. The highest BCUT2D eigenvalue weighted by Gasteiger charge is 2.30. The summed E-state index contributed by atoms with van der Waals surface area (Å²) < 4.78 is 32.7. The zero-order chi connectivity index (χ0) is 21.1. The fourth-order valence-electron chi connectivity index (χ4n) is 3.36. The third-order valence-corrected chi connectivity index (χ3v) is 6.90. The van der Waals surface area contributed by atoms with Crippen molar-refractivity contribution in [2.75, 3.05) is 26.2 Å². The minimum atomic E-state index is -3.60. The van der Waals surface area contributed by atoms with Gasteiger partial charge < -0.3 is 4.90 Å². The molecule has 1 saturated heterocycles. The zero-order valence-electron chi connectivity index (χ0n) is 16.0. The number of hydrogen-bond acceptors (Lipinski definition) is 6. The van der Waals surface area contributed by atoms with Crippen LogP contribution in [-0.2, 0) is 21.4 Å². The van der Waals surface area contributed by atoms with Gasteiger partial charge in [0.2, 0.25) is 15.9 Å². The van der Waals surface area contributed by atoms with Gasteiger partial charge in [-0.3, -0.25) is 9.32 Å². The van der Waals surface area contributed by atoms with E-state index in [1.54, 1.807) is 59.5 Å². The summed E-state index contributed by atoms with van der Waals surface area (Å²) in [4.78, 5) is 26.6. The third-order valence-electron chi connectivity index (χ3n) is 4.98. The topological polar surface area (TPSA) is 106 Å². The molecule has 0 radical (unpaired) electrons. The molecule has 0 unspecified atom stereocenters. The van der Waals surface area contributed by atoms with E-state index in [1.165, 1.54) is 8.87 Å². The molecule has 30 heavy (non-hydrogen) atoms. The summed E-state index contributed by atoms with van der Waals surface area (Å²) in [7, 11) is -3.60. The van der Waals surface area contributed by atoms with Crippen LogP contribution in [0.15, 0.2) is 74.9 Å². The Morgan fingerprint density at radius 2 is 1.53 bits per heavy atom. The molecule has 3 aromatic rings. The van der Waals surface area contributed by atoms with Gasteiger partial charge in [-0.2, -0.15) is 4.31 Å². The molecule has 9 nitrogen and oxygen atoms in total. The normalized spacial score (nSPS) is 15.3. The van der Waals surface area contributed by atoms with E-state index < -0.39 is 15.8 Å². The van der Waals surface area contributed by atoms with Crippen LogP contribution in [0.3, 0.4) is 0 Å². The molecule has 0 bridgehead atoms. The van der Waals surface area contributed by atoms with E-state index in [4.69, 9.17) is 4.52 Å². The second-order valence-corrected chi connectivity index (χ2v) is 8.76. The number of rotatable bonds is 5. The number of piperazine rings is 1. The predicted octanol–water partition coefficient (Wildman–Crippen LogP) is 1.04. The molecular formula is C20H20N4O5S. The minimum Gasteiger partial charge on any atom is -0.338 e. The van der Waals surface area contributed by atoms with Crippen LogP contribution in [0.4, 0.5) is 0 Å². The molecule has 1 aliphatic rings. The first-order valence-corrected chi connectivity index (χ1v) is 10.9. The molecule has 1 amide bonds. The van der Waals surface area contributed by atoms with Crippen LogP contribution in [0.25, 0.3) is 11.4 Å². The van der Waals surface area contributed by atoms with Crippen molar-refractivity contribution in [3.8, 4) is 11.4 Å². The van der Waals surface area contributed by atoms with Crippen molar-refractivity contribution in [1.82, 2.24) is 18.9 Å². The second-order valence-electron chi connectivity index (χ2n) is 6.82. The number of sulfonamides is 1. The fourth-order valence-corrected chi connectivity index (χ4v) is 4.80. The monoisotopic (exact) mass is 428 g/mol. The summed E-state index contributed by atoms with van der Waals surface area (Å²) in [5.74, 6) is -0.735. The van der Waals surface area contributed by atoms with E-state index in [0.29, 0.717) is 5.56 Å². The van der Waals surface area contributed by atoms with Crippen LogP contribution in [0.5, 0.6) is 0 Å². The van der Waals surface area contributed by atoms with Crippen molar-refractivity contribution in [1.29, 1.82) is 0 Å². The summed E-state index contributed by atoms with van der Waals surface area (Å²) in [5.41, 5.74) is 0.662. The summed E-state index contributed by atoms with van der Waals surface area (Å²) in [5, 5.41) is 3.78. The van der Waals surface area contributed by atoms with Crippen molar-refractivity contribution in [3.05, 3.63) is 71.2 Å². The lowest BCUT2D eigenvalue weighted by Gasteiger charge is -2.34. The molecule has 2 heterocycles. The zero-order valence-corrected chi connectivity index (χ0v) is 16.9. The Balaban J connectivity index is 1.44. The molecule has 1 fully saturated rings. The lowest BCUT2D eigenvalue weighted by atomic mass is 10.2. The summed E-state index contributed by atoms with van der Waals surface area (Å²) in [6.07, 6.45) is 0. The Kier molecular flexibility index (Phi) is 5.51. The highest BCUT2D eigenvalue weighted by molar-refractivity contribution is 7.89. The fraction of sp³-hybridized carbons (Fsp3) is 0.250. The van der Waals surface area contributed by atoms with Gasteiger partial charge in [0, 0.05) is 31.7 Å². The SMILES string of the molecule is O=C(Cn1c(-c2ccccc2)noc1=O)N1CCN(S(=O)(=O)c2ccccc2)CC1. The highest BCUT2D eigenvalue weighted by Crippen LogP contribution is 2.18. The first-order chi connectivity index (χ1) is 14.5. The lowest BCUT2D eigenvalue weighted by Crippen LogP contribution is -2.51. The van der Waals surface area contributed by atoms with E-state index in [2.05, 4.69) is 5.16 Å². The molecule has 1 aromatic heterocycles. The van der Waals surface area contributed by atoms with Crippen molar-refractivity contribution in [3.63, 3.8) is 0 Å². The van der Waals surface area contributed by atoms with Gasteiger partial charge in [-0.1, -0.05) is 53.7 Å². The van der Waals surface area contributed by atoms with Crippen LogP contribution in [-0.4, -0.2) is 59.4 Å². The van der Waals surface area contributed by atoms with Gasteiger partial charge in [0.1, 0.15) is 6.54 Å². The largest absolute Gasteiger partial charge is 0.442 e.